The number of thiazole rings is 1. The quantitative estimate of drug-likeness (QED) is 0.608. The largest absolute Gasteiger partial charge is 0.494 e. The second kappa shape index (κ2) is 8.89. The lowest BCUT2D eigenvalue weighted by Gasteiger charge is -2.21. The lowest BCUT2D eigenvalue weighted by atomic mass is 10.2. The molecule has 0 fully saturated rings. The molecule has 0 radical (unpaired) electrons. The smallest absolute Gasteiger partial charge is 0.278 e. The highest BCUT2D eigenvalue weighted by Crippen LogP contribution is 2.36. The Bertz CT molecular complexity index is 982. The van der Waals surface area contributed by atoms with Gasteiger partial charge in [-0.1, -0.05) is 17.4 Å². The molecule has 3 aromatic rings. The first-order valence-corrected chi connectivity index (χ1v) is 9.55. The summed E-state index contributed by atoms with van der Waals surface area (Å²) in [5.74, 6) is 0.616. The number of aryl methyl sites for hydroxylation is 3. The Hall–Kier alpha value is -2.16. The number of likely N-dealkylation sites (N-methyl/N-ethyl adjacent to an activating group) is 1. The summed E-state index contributed by atoms with van der Waals surface area (Å²) in [5, 5.41) is 4.98. The minimum absolute atomic E-state index is 0. The van der Waals surface area contributed by atoms with Gasteiger partial charge in [0.1, 0.15) is 17.0 Å². The van der Waals surface area contributed by atoms with Crippen molar-refractivity contribution in [3.05, 3.63) is 35.2 Å². The van der Waals surface area contributed by atoms with Gasteiger partial charge >= 0.3 is 0 Å². The van der Waals surface area contributed by atoms with Crippen molar-refractivity contribution in [3.8, 4) is 5.75 Å². The standard InChI is InChI=1S/C19H25N5O2S.ClH/c1-12-7-8-15(26-6)16-17(12)27-19(20-16)24(10-9-22(3)4)18(25)14-11-13(2)21-23(14)5;/h7-8,11H,9-10H2,1-6H3;1H. The molecule has 0 aliphatic rings. The number of hydrogen-bond acceptors (Lipinski definition) is 6. The summed E-state index contributed by atoms with van der Waals surface area (Å²) in [7, 11) is 7.40. The first kappa shape index (κ1) is 22.1. The number of carbonyl (C=O) groups is 1. The fraction of sp³-hybridized carbons (Fsp3) is 0.421. The molecule has 28 heavy (non-hydrogen) atoms. The third kappa shape index (κ3) is 4.29. The van der Waals surface area contributed by atoms with Gasteiger partial charge in [-0.25, -0.2) is 4.98 Å². The van der Waals surface area contributed by atoms with Crippen LogP contribution in [0.5, 0.6) is 5.75 Å². The number of methoxy groups -OCH3 is 1. The maximum atomic E-state index is 13.3. The van der Waals surface area contributed by atoms with E-state index in [4.69, 9.17) is 9.72 Å². The topological polar surface area (TPSA) is 63.5 Å². The average molecular weight is 424 g/mol. The maximum absolute atomic E-state index is 13.3. The zero-order chi connectivity index (χ0) is 19.7. The summed E-state index contributed by atoms with van der Waals surface area (Å²) in [4.78, 5) is 21.8. The van der Waals surface area contributed by atoms with E-state index in [9.17, 15) is 4.79 Å². The van der Waals surface area contributed by atoms with Crippen LogP contribution < -0.4 is 9.64 Å². The number of fused-ring (bicyclic) bond motifs is 1. The zero-order valence-electron chi connectivity index (χ0n) is 17.0. The molecule has 3 rings (SSSR count). The van der Waals surface area contributed by atoms with Gasteiger partial charge in [-0.2, -0.15) is 5.10 Å². The van der Waals surface area contributed by atoms with Crippen LogP contribution in [0.15, 0.2) is 18.2 Å². The van der Waals surface area contributed by atoms with Crippen molar-refractivity contribution >= 4 is 45.0 Å². The average Bonchev–Trinajstić information content (AvgIpc) is 3.19. The Kier molecular flexibility index (Phi) is 7.03. The van der Waals surface area contributed by atoms with E-state index in [2.05, 4.69) is 5.10 Å². The minimum atomic E-state index is -0.101. The number of nitrogens with zero attached hydrogens (tertiary/aromatic N) is 5. The molecule has 0 bridgehead atoms. The molecule has 1 aromatic carbocycles. The second-order valence-corrected chi connectivity index (χ2v) is 7.79. The van der Waals surface area contributed by atoms with E-state index >= 15 is 0 Å². The Labute approximate surface area is 175 Å². The molecular weight excluding hydrogens is 398 g/mol. The van der Waals surface area contributed by atoms with Crippen LogP contribution in [0.4, 0.5) is 5.13 Å². The lowest BCUT2D eigenvalue weighted by Crippen LogP contribution is -2.37. The molecule has 0 N–H and O–H groups in total. The van der Waals surface area contributed by atoms with E-state index < -0.39 is 0 Å². The van der Waals surface area contributed by atoms with Crippen molar-refractivity contribution < 1.29 is 9.53 Å². The van der Waals surface area contributed by atoms with Gasteiger partial charge in [0.05, 0.1) is 17.5 Å². The van der Waals surface area contributed by atoms with Crippen LogP contribution in [-0.2, 0) is 7.05 Å². The predicted octanol–water partition coefficient (Wildman–Crippen LogP) is 3.29. The number of benzene rings is 1. The summed E-state index contributed by atoms with van der Waals surface area (Å²) < 4.78 is 8.12. The minimum Gasteiger partial charge on any atom is -0.494 e. The molecule has 0 saturated carbocycles. The monoisotopic (exact) mass is 423 g/mol. The molecule has 0 atom stereocenters. The van der Waals surface area contributed by atoms with Crippen LogP contribution in [0.1, 0.15) is 21.7 Å². The Balaban J connectivity index is 0.00000280. The van der Waals surface area contributed by atoms with Gasteiger partial charge in [0.25, 0.3) is 5.91 Å². The highest BCUT2D eigenvalue weighted by Gasteiger charge is 2.25. The Morgan fingerprint density at radius 3 is 2.54 bits per heavy atom. The molecule has 152 valence electrons. The van der Waals surface area contributed by atoms with Crippen LogP contribution >= 0.6 is 23.7 Å². The number of ether oxygens (including phenoxy) is 1. The first-order chi connectivity index (χ1) is 12.8. The van der Waals surface area contributed by atoms with Gasteiger partial charge < -0.3 is 9.64 Å². The summed E-state index contributed by atoms with van der Waals surface area (Å²) in [6.45, 7) is 5.19. The lowest BCUT2D eigenvalue weighted by molar-refractivity contribution is 0.0976. The summed E-state index contributed by atoms with van der Waals surface area (Å²) in [5.41, 5.74) is 3.27. The molecular formula is C19H26ClN5O2S. The molecule has 0 saturated heterocycles. The van der Waals surface area contributed by atoms with E-state index in [0.29, 0.717) is 17.4 Å². The van der Waals surface area contributed by atoms with Gasteiger partial charge in [0.15, 0.2) is 5.13 Å². The SMILES string of the molecule is COc1ccc(C)c2sc(N(CCN(C)C)C(=O)c3cc(C)nn3C)nc12.Cl. The van der Waals surface area contributed by atoms with Crippen molar-refractivity contribution in [2.45, 2.75) is 13.8 Å². The molecule has 0 unspecified atom stereocenters. The van der Waals surface area contributed by atoms with Gasteiger partial charge in [-0.05, 0) is 45.6 Å². The highest BCUT2D eigenvalue weighted by atomic mass is 35.5. The van der Waals surface area contributed by atoms with Gasteiger partial charge in [0, 0.05) is 20.1 Å². The van der Waals surface area contributed by atoms with Gasteiger partial charge in [-0.15, -0.1) is 12.4 Å². The summed E-state index contributed by atoms with van der Waals surface area (Å²) in [6, 6.07) is 5.74. The third-order valence-electron chi connectivity index (χ3n) is 4.38. The van der Waals surface area contributed by atoms with Gasteiger partial charge in [0.2, 0.25) is 0 Å². The van der Waals surface area contributed by atoms with Crippen LogP contribution in [-0.4, -0.2) is 59.9 Å². The highest BCUT2D eigenvalue weighted by molar-refractivity contribution is 7.22. The van der Waals surface area contributed by atoms with E-state index in [1.165, 1.54) is 11.3 Å². The number of carbonyl (C=O) groups excluding carboxylic acids is 1. The Morgan fingerprint density at radius 1 is 1.25 bits per heavy atom. The van der Waals surface area contributed by atoms with Gasteiger partial charge in [-0.3, -0.25) is 14.4 Å². The molecule has 0 spiro atoms. The van der Waals surface area contributed by atoms with E-state index in [1.54, 1.807) is 23.7 Å². The number of amides is 1. The zero-order valence-corrected chi connectivity index (χ0v) is 18.6. The normalized spacial score (nSPS) is 11.0. The number of rotatable bonds is 6. The van der Waals surface area contributed by atoms with Crippen molar-refractivity contribution in [3.63, 3.8) is 0 Å². The molecule has 2 aromatic heterocycles. The number of anilines is 1. The van der Waals surface area contributed by atoms with Crippen molar-refractivity contribution in [1.29, 1.82) is 0 Å². The number of halogens is 1. The van der Waals surface area contributed by atoms with Crippen LogP contribution in [0.2, 0.25) is 0 Å². The summed E-state index contributed by atoms with van der Waals surface area (Å²) in [6.07, 6.45) is 0. The maximum Gasteiger partial charge on any atom is 0.278 e. The van der Waals surface area contributed by atoms with Crippen LogP contribution in [0.3, 0.4) is 0 Å². The molecule has 9 heteroatoms. The fourth-order valence-corrected chi connectivity index (χ4v) is 3.99. The second-order valence-electron chi connectivity index (χ2n) is 6.81. The van der Waals surface area contributed by atoms with Crippen molar-refractivity contribution in [2.75, 3.05) is 39.2 Å². The van der Waals surface area contributed by atoms with Crippen LogP contribution in [0.25, 0.3) is 10.2 Å². The predicted molar refractivity (Wildman–Crippen MR) is 116 cm³/mol. The number of hydrogen-bond donors (Lipinski definition) is 0. The van der Waals surface area contributed by atoms with Crippen LogP contribution in [0, 0.1) is 13.8 Å². The van der Waals surface area contributed by atoms with E-state index in [0.717, 1.165) is 33.8 Å². The van der Waals surface area contributed by atoms with Crippen molar-refractivity contribution in [2.24, 2.45) is 7.05 Å². The molecule has 1 amide bonds. The Morgan fingerprint density at radius 2 is 1.96 bits per heavy atom. The van der Waals surface area contributed by atoms with Crippen molar-refractivity contribution in [1.82, 2.24) is 19.7 Å². The third-order valence-corrected chi connectivity index (χ3v) is 5.59. The van der Waals surface area contributed by atoms with E-state index in [1.807, 2.05) is 51.0 Å². The molecule has 0 aliphatic carbocycles. The molecule has 2 heterocycles. The summed E-state index contributed by atoms with van der Waals surface area (Å²) >= 11 is 1.51. The molecule has 0 aliphatic heterocycles. The van der Waals surface area contributed by atoms with E-state index in [-0.39, 0.29) is 18.3 Å². The first-order valence-electron chi connectivity index (χ1n) is 8.73. The number of aromatic nitrogens is 3. The fourth-order valence-electron chi connectivity index (χ4n) is 2.91. The molecule has 7 nitrogen and oxygen atoms in total.